The topological polar surface area (TPSA) is 68.1 Å². The largest absolute Gasteiger partial charge is 0.494 e. The van der Waals surface area contributed by atoms with Crippen molar-refractivity contribution in [3.63, 3.8) is 0 Å². The molecule has 0 amide bonds. The van der Waals surface area contributed by atoms with Gasteiger partial charge in [0.15, 0.2) is 0 Å². The normalized spacial score (nSPS) is 26.2. The third-order valence-electron chi connectivity index (χ3n) is 5.76. The number of carbonyl (C=O) groups excluding carboxylic acids is 1. The van der Waals surface area contributed by atoms with Gasteiger partial charge in [0.25, 0.3) is 0 Å². The molecule has 0 radical (unpaired) electrons. The molecule has 2 atom stereocenters. The van der Waals surface area contributed by atoms with Gasteiger partial charge < -0.3 is 14.7 Å². The number of oxime groups is 1. The van der Waals surface area contributed by atoms with E-state index in [9.17, 15) is 10.0 Å². The highest BCUT2D eigenvalue weighted by Crippen LogP contribution is 2.57. The molecular weight excluding hydrogens is 306 g/mol. The molecule has 0 aromatic heterocycles. The van der Waals surface area contributed by atoms with Crippen LogP contribution < -0.4 is 4.74 Å². The van der Waals surface area contributed by atoms with Gasteiger partial charge in [-0.3, -0.25) is 4.79 Å². The Bertz CT molecular complexity index is 621. The van der Waals surface area contributed by atoms with Gasteiger partial charge in [-0.15, -0.1) is 0 Å². The summed E-state index contributed by atoms with van der Waals surface area (Å²) in [5.41, 5.74) is 0.456. The summed E-state index contributed by atoms with van der Waals surface area (Å²) < 4.78 is 10.5. The van der Waals surface area contributed by atoms with E-state index in [1.807, 2.05) is 52.0 Å². The molecule has 0 heterocycles. The average Bonchev–Trinajstić information content (AvgIpc) is 2.81. The highest BCUT2D eigenvalue weighted by atomic mass is 16.5. The lowest BCUT2D eigenvalue weighted by atomic mass is 9.64. The van der Waals surface area contributed by atoms with E-state index in [1.54, 1.807) is 0 Å². The lowest BCUT2D eigenvalue weighted by molar-refractivity contribution is -0.157. The summed E-state index contributed by atoms with van der Waals surface area (Å²) in [6, 6.07) is 7.52. The third kappa shape index (κ3) is 2.87. The van der Waals surface area contributed by atoms with Gasteiger partial charge in [0, 0.05) is 5.92 Å². The first-order valence-electron chi connectivity index (χ1n) is 8.35. The fraction of sp³-hybridized carbons (Fsp3) is 0.579. The van der Waals surface area contributed by atoms with Crippen molar-refractivity contribution in [1.82, 2.24) is 0 Å². The van der Waals surface area contributed by atoms with E-state index in [4.69, 9.17) is 9.47 Å². The van der Waals surface area contributed by atoms with E-state index in [0.717, 1.165) is 17.7 Å². The van der Waals surface area contributed by atoms with Gasteiger partial charge >= 0.3 is 5.97 Å². The molecule has 2 unspecified atom stereocenters. The molecule has 24 heavy (non-hydrogen) atoms. The second kappa shape index (κ2) is 6.83. The number of methoxy groups -OCH3 is 1. The van der Waals surface area contributed by atoms with E-state index in [0.29, 0.717) is 18.7 Å². The molecule has 132 valence electrons. The minimum Gasteiger partial charge on any atom is -0.494 e. The monoisotopic (exact) mass is 333 g/mol. The van der Waals surface area contributed by atoms with Gasteiger partial charge in [-0.1, -0.05) is 19.0 Å². The van der Waals surface area contributed by atoms with Crippen molar-refractivity contribution in [1.29, 1.82) is 0 Å². The summed E-state index contributed by atoms with van der Waals surface area (Å²) in [4.78, 5) is 12.3. The van der Waals surface area contributed by atoms with Crippen LogP contribution in [0.1, 0.15) is 46.1 Å². The number of esters is 1. The average molecular weight is 333 g/mol. The molecule has 1 saturated carbocycles. The van der Waals surface area contributed by atoms with Crippen molar-refractivity contribution in [2.24, 2.45) is 21.9 Å². The van der Waals surface area contributed by atoms with E-state index >= 15 is 0 Å². The van der Waals surface area contributed by atoms with Crippen molar-refractivity contribution in [2.75, 3.05) is 13.7 Å². The van der Waals surface area contributed by atoms with Gasteiger partial charge in [0.05, 0.1) is 24.8 Å². The summed E-state index contributed by atoms with van der Waals surface area (Å²) in [5.74, 6) is 0.534. The van der Waals surface area contributed by atoms with Gasteiger partial charge in [0.2, 0.25) is 0 Å². The number of hydrogen-bond acceptors (Lipinski definition) is 5. The molecule has 0 bridgehead atoms. The summed E-state index contributed by atoms with van der Waals surface area (Å²) in [7, 11) is 1.42. The Balaban J connectivity index is 2.33. The van der Waals surface area contributed by atoms with Crippen molar-refractivity contribution < 1.29 is 19.5 Å². The molecule has 5 nitrogen and oxygen atoms in total. The van der Waals surface area contributed by atoms with Crippen molar-refractivity contribution in [2.45, 2.75) is 40.5 Å². The first-order valence-corrected chi connectivity index (χ1v) is 8.35. The van der Waals surface area contributed by atoms with Crippen molar-refractivity contribution >= 4 is 11.7 Å². The lowest BCUT2D eigenvalue weighted by Gasteiger charge is -2.39. The Hall–Kier alpha value is -2.04. The van der Waals surface area contributed by atoms with Crippen LogP contribution in [0.15, 0.2) is 29.4 Å². The molecule has 0 aliphatic heterocycles. The van der Waals surface area contributed by atoms with Crippen LogP contribution in [-0.4, -0.2) is 30.6 Å². The number of ether oxygens (including phenoxy) is 2. The van der Waals surface area contributed by atoms with Gasteiger partial charge in [-0.05, 0) is 61.9 Å². The molecule has 2 rings (SSSR count). The van der Waals surface area contributed by atoms with Gasteiger partial charge in [0.1, 0.15) is 5.75 Å². The highest BCUT2D eigenvalue weighted by molar-refractivity contribution is 6.03. The molecule has 0 saturated heterocycles. The summed E-state index contributed by atoms with van der Waals surface area (Å²) in [5, 5.41) is 13.2. The van der Waals surface area contributed by atoms with Crippen LogP contribution >= 0.6 is 0 Å². The van der Waals surface area contributed by atoms with Crippen LogP contribution in [0.5, 0.6) is 5.75 Å². The Morgan fingerprint density at radius 2 is 1.92 bits per heavy atom. The van der Waals surface area contributed by atoms with E-state index < -0.39 is 5.41 Å². The highest BCUT2D eigenvalue weighted by Gasteiger charge is 2.58. The van der Waals surface area contributed by atoms with E-state index in [2.05, 4.69) is 5.16 Å². The van der Waals surface area contributed by atoms with Crippen LogP contribution in [0.25, 0.3) is 0 Å². The molecule has 1 aliphatic carbocycles. The Morgan fingerprint density at radius 3 is 2.42 bits per heavy atom. The zero-order chi connectivity index (χ0) is 18.0. The Kier molecular flexibility index (Phi) is 5.21. The zero-order valence-electron chi connectivity index (χ0n) is 15.1. The molecule has 1 N–H and O–H groups in total. The summed E-state index contributed by atoms with van der Waals surface area (Å²) >= 11 is 0. The molecule has 0 spiro atoms. The maximum absolute atomic E-state index is 12.3. The maximum Gasteiger partial charge on any atom is 0.312 e. The summed E-state index contributed by atoms with van der Waals surface area (Å²) in [6.45, 7) is 8.56. The van der Waals surface area contributed by atoms with Crippen LogP contribution in [0.2, 0.25) is 0 Å². The minimum atomic E-state index is -0.604. The molecule has 1 aromatic rings. The SMILES string of the molecule is CCOc1ccc(/C(=N/O)C2CCC(C)(C(=O)OC)C2(C)C)cc1. The number of rotatable bonds is 5. The van der Waals surface area contributed by atoms with Crippen molar-refractivity contribution in [3.8, 4) is 5.75 Å². The zero-order valence-corrected chi connectivity index (χ0v) is 15.1. The summed E-state index contributed by atoms with van der Waals surface area (Å²) in [6.07, 6.45) is 1.47. The van der Waals surface area contributed by atoms with Crippen LogP contribution in [0, 0.1) is 16.7 Å². The fourth-order valence-corrected chi connectivity index (χ4v) is 3.79. The Labute approximate surface area is 143 Å². The second-order valence-corrected chi connectivity index (χ2v) is 7.08. The van der Waals surface area contributed by atoms with Gasteiger partial charge in [-0.25, -0.2) is 0 Å². The Morgan fingerprint density at radius 1 is 1.29 bits per heavy atom. The molecule has 5 heteroatoms. The molecule has 1 aliphatic rings. The van der Waals surface area contributed by atoms with Crippen LogP contribution in [-0.2, 0) is 9.53 Å². The molecule has 1 fully saturated rings. The first kappa shape index (κ1) is 18.3. The lowest BCUT2D eigenvalue weighted by Crippen LogP contribution is -2.43. The second-order valence-electron chi connectivity index (χ2n) is 7.08. The number of nitrogens with zero attached hydrogens (tertiary/aromatic N) is 1. The third-order valence-corrected chi connectivity index (χ3v) is 5.76. The van der Waals surface area contributed by atoms with Crippen LogP contribution in [0.3, 0.4) is 0 Å². The molecular formula is C19H27NO4. The standard InChI is InChI=1S/C19H27NO4/c1-6-24-14-9-7-13(8-10-14)16(20-22)15-11-12-19(4,17(21)23-5)18(15,2)3/h7-10,15,22H,6,11-12H2,1-5H3/b20-16-. The number of benzene rings is 1. The quantitative estimate of drug-likeness (QED) is 0.384. The van der Waals surface area contributed by atoms with Gasteiger partial charge in [-0.2, -0.15) is 0 Å². The number of hydrogen-bond donors (Lipinski definition) is 1. The van der Waals surface area contributed by atoms with Crippen LogP contribution in [0.4, 0.5) is 0 Å². The maximum atomic E-state index is 12.3. The minimum absolute atomic E-state index is 0.0375. The fourth-order valence-electron chi connectivity index (χ4n) is 3.79. The number of carbonyl (C=O) groups is 1. The van der Waals surface area contributed by atoms with E-state index in [1.165, 1.54) is 7.11 Å². The van der Waals surface area contributed by atoms with Crippen molar-refractivity contribution in [3.05, 3.63) is 29.8 Å². The van der Waals surface area contributed by atoms with E-state index in [-0.39, 0.29) is 17.3 Å². The smallest absolute Gasteiger partial charge is 0.312 e. The first-order chi connectivity index (χ1) is 11.3. The predicted molar refractivity (Wildman–Crippen MR) is 92.6 cm³/mol. The predicted octanol–water partition coefficient (Wildman–Crippen LogP) is 3.88. The molecule has 1 aromatic carbocycles.